The van der Waals surface area contributed by atoms with Crippen molar-refractivity contribution in [1.29, 1.82) is 0 Å². The van der Waals surface area contributed by atoms with E-state index in [-0.39, 0.29) is 18.2 Å². The summed E-state index contributed by atoms with van der Waals surface area (Å²) in [7, 11) is 0. The van der Waals surface area contributed by atoms with Gasteiger partial charge < -0.3 is 9.84 Å². The maximum atomic E-state index is 11.4. The Kier molecular flexibility index (Phi) is 6.94. The van der Waals surface area contributed by atoms with E-state index in [1.54, 1.807) is 0 Å². The second-order valence-corrected chi connectivity index (χ2v) is 4.83. The summed E-state index contributed by atoms with van der Waals surface area (Å²) >= 11 is 0. The van der Waals surface area contributed by atoms with Crippen molar-refractivity contribution in [2.75, 3.05) is 0 Å². The highest BCUT2D eigenvalue weighted by molar-refractivity contribution is 5.69. The molecule has 0 saturated carbocycles. The molecule has 0 aromatic heterocycles. The number of hydrogen-bond acceptors (Lipinski definition) is 3. The Balaban J connectivity index is 2.40. The number of cyclic esters (lactones) is 1. The van der Waals surface area contributed by atoms with Crippen molar-refractivity contribution in [2.24, 2.45) is 0 Å². The average Bonchev–Trinajstić information content (AvgIpc) is 2.26. The fraction of sp³-hybridized carbons (Fsp3) is 0.786. The molecule has 0 radical (unpaired) electrons. The fourth-order valence-corrected chi connectivity index (χ4v) is 2.01. The highest BCUT2D eigenvalue weighted by Gasteiger charge is 2.10. The number of aliphatic hydroxyl groups excluding tert-OH is 1. The summed E-state index contributed by atoms with van der Waals surface area (Å²) in [5.41, 5.74) is 0. The highest BCUT2D eigenvalue weighted by atomic mass is 16.5. The van der Waals surface area contributed by atoms with Crippen LogP contribution in [0.15, 0.2) is 12.2 Å². The standard InChI is InChI=1S/C14H24O3/c1-12-8-7-10-13(15)9-5-3-2-4-6-11-14(16)17-12/h5,9,12-13,15H,2-4,6-8,10-11H2,1H3/b9-5+/t12-,13+/m0/s1. The summed E-state index contributed by atoms with van der Waals surface area (Å²) in [5.74, 6) is -0.0781. The van der Waals surface area contributed by atoms with Crippen molar-refractivity contribution in [3.8, 4) is 0 Å². The molecule has 98 valence electrons. The Morgan fingerprint density at radius 1 is 1.24 bits per heavy atom. The molecule has 3 nitrogen and oxygen atoms in total. The van der Waals surface area contributed by atoms with Crippen LogP contribution in [0.5, 0.6) is 0 Å². The largest absolute Gasteiger partial charge is 0.463 e. The summed E-state index contributed by atoms with van der Waals surface area (Å²) in [6, 6.07) is 0. The van der Waals surface area contributed by atoms with E-state index in [0.29, 0.717) is 6.42 Å². The first kappa shape index (κ1) is 14.2. The molecule has 0 fully saturated rings. The lowest BCUT2D eigenvalue weighted by molar-refractivity contribution is -0.148. The van der Waals surface area contributed by atoms with Crippen molar-refractivity contribution in [1.82, 2.24) is 0 Å². The minimum atomic E-state index is -0.346. The molecular formula is C14H24O3. The predicted octanol–water partition coefficient (Wildman–Crippen LogP) is 2.97. The van der Waals surface area contributed by atoms with E-state index < -0.39 is 0 Å². The molecule has 1 heterocycles. The molecule has 1 aliphatic rings. The van der Waals surface area contributed by atoms with E-state index >= 15 is 0 Å². The molecule has 1 rings (SSSR count). The lowest BCUT2D eigenvalue weighted by atomic mass is 10.1. The van der Waals surface area contributed by atoms with Crippen LogP contribution in [0.4, 0.5) is 0 Å². The van der Waals surface area contributed by atoms with Gasteiger partial charge in [-0.3, -0.25) is 4.79 Å². The van der Waals surface area contributed by atoms with Crippen LogP contribution >= 0.6 is 0 Å². The molecule has 0 saturated heterocycles. The van der Waals surface area contributed by atoms with E-state index in [0.717, 1.165) is 44.9 Å². The Morgan fingerprint density at radius 2 is 2.06 bits per heavy atom. The zero-order valence-electron chi connectivity index (χ0n) is 10.7. The Labute approximate surface area is 104 Å². The van der Waals surface area contributed by atoms with Gasteiger partial charge in [0.25, 0.3) is 0 Å². The number of hydrogen-bond donors (Lipinski definition) is 1. The highest BCUT2D eigenvalue weighted by Crippen LogP contribution is 2.12. The van der Waals surface area contributed by atoms with Gasteiger partial charge in [0.2, 0.25) is 0 Å². The molecule has 0 amide bonds. The number of aliphatic hydroxyl groups is 1. The summed E-state index contributed by atoms with van der Waals surface area (Å²) in [6.07, 6.45) is 10.6. The summed E-state index contributed by atoms with van der Waals surface area (Å²) in [5, 5.41) is 9.66. The van der Waals surface area contributed by atoms with Gasteiger partial charge in [-0.1, -0.05) is 18.6 Å². The monoisotopic (exact) mass is 240 g/mol. The van der Waals surface area contributed by atoms with E-state index in [4.69, 9.17) is 4.74 Å². The second-order valence-electron chi connectivity index (χ2n) is 4.83. The minimum absolute atomic E-state index is 0.0263. The zero-order chi connectivity index (χ0) is 12.5. The van der Waals surface area contributed by atoms with Gasteiger partial charge in [-0.25, -0.2) is 0 Å². The van der Waals surface area contributed by atoms with Crippen LogP contribution < -0.4 is 0 Å². The van der Waals surface area contributed by atoms with Gasteiger partial charge in [-0.2, -0.15) is 0 Å². The zero-order valence-corrected chi connectivity index (χ0v) is 10.7. The van der Waals surface area contributed by atoms with Crippen LogP contribution in [0.1, 0.15) is 58.3 Å². The van der Waals surface area contributed by atoms with Crippen molar-refractivity contribution < 1.29 is 14.6 Å². The average molecular weight is 240 g/mol. The number of allylic oxidation sites excluding steroid dienone is 1. The first-order valence-electron chi connectivity index (χ1n) is 6.72. The Bertz CT molecular complexity index is 248. The summed E-state index contributed by atoms with van der Waals surface area (Å²) in [6.45, 7) is 1.92. The summed E-state index contributed by atoms with van der Waals surface area (Å²) < 4.78 is 5.29. The number of carbonyl (C=O) groups is 1. The van der Waals surface area contributed by atoms with Gasteiger partial charge >= 0.3 is 5.97 Å². The number of esters is 1. The van der Waals surface area contributed by atoms with E-state index in [1.165, 1.54) is 0 Å². The molecular weight excluding hydrogens is 216 g/mol. The van der Waals surface area contributed by atoms with Crippen LogP contribution in [0, 0.1) is 0 Å². The normalized spacial score (nSPS) is 31.3. The lowest BCUT2D eigenvalue weighted by Crippen LogP contribution is -2.15. The molecule has 17 heavy (non-hydrogen) atoms. The molecule has 1 N–H and O–H groups in total. The molecule has 2 atom stereocenters. The van der Waals surface area contributed by atoms with Crippen molar-refractivity contribution in [3.63, 3.8) is 0 Å². The number of carbonyl (C=O) groups excluding carboxylic acids is 1. The second kappa shape index (κ2) is 8.29. The molecule has 0 aliphatic carbocycles. The SMILES string of the molecule is C[C@H]1CCC[C@H](O)/C=C/CCCCCC(=O)O1. The van der Waals surface area contributed by atoms with Crippen LogP contribution in [-0.4, -0.2) is 23.3 Å². The maximum Gasteiger partial charge on any atom is 0.306 e. The van der Waals surface area contributed by atoms with Crippen molar-refractivity contribution in [2.45, 2.75) is 70.5 Å². The first-order valence-corrected chi connectivity index (χ1v) is 6.72. The van der Waals surface area contributed by atoms with Crippen molar-refractivity contribution >= 4 is 5.97 Å². The van der Waals surface area contributed by atoms with Gasteiger partial charge in [0.15, 0.2) is 0 Å². The molecule has 0 unspecified atom stereocenters. The van der Waals surface area contributed by atoms with Crippen LogP contribution in [0.25, 0.3) is 0 Å². The van der Waals surface area contributed by atoms with Crippen LogP contribution in [-0.2, 0) is 9.53 Å². The molecule has 0 aromatic rings. The lowest BCUT2D eigenvalue weighted by Gasteiger charge is -2.14. The van der Waals surface area contributed by atoms with Gasteiger partial charge in [-0.15, -0.1) is 0 Å². The smallest absolute Gasteiger partial charge is 0.306 e. The molecule has 3 heteroatoms. The first-order chi connectivity index (χ1) is 8.18. The van der Waals surface area contributed by atoms with Gasteiger partial charge in [0.1, 0.15) is 0 Å². The Morgan fingerprint density at radius 3 is 2.88 bits per heavy atom. The predicted molar refractivity (Wildman–Crippen MR) is 67.6 cm³/mol. The summed E-state index contributed by atoms with van der Waals surface area (Å²) in [4.78, 5) is 11.4. The van der Waals surface area contributed by atoms with E-state index in [2.05, 4.69) is 6.08 Å². The van der Waals surface area contributed by atoms with Crippen LogP contribution in [0.3, 0.4) is 0 Å². The van der Waals surface area contributed by atoms with E-state index in [1.807, 2.05) is 13.0 Å². The van der Waals surface area contributed by atoms with Gasteiger partial charge in [0, 0.05) is 6.42 Å². The Hall–Kier alpha value is -0.830. The van der Waals surface area contributed by atoms with Crippen molar-refractivity contribution in [3.05, 3.63) is 12.2 Å². The van der Waals surface area contributed by atoms with Gasteiger partial charge in [-0.05, 0) is 45.4 Å². The van der Waals surface area contributed by atoms with E-state index in [9.17, 15) is 9.90 Å². The third-order valence-corrected chi connectivity index (χ3v) is 3.05. The minimum Gasteiger partial charge on any atom is -0.463 e. The van der Waals surface area contributed by atoms with Crippen LogP contribution in [0.2, 0.25) is 0 Å². The molecule has 1 aliphatic heterocycles. The van der Waals surface area contributed by atoms with Gasteiger partial charge in [0.05, 0.1) is 12.2 Å². The third kappa shape index (κ3) is 7.16. The maximum absolute atomic E-state index is 11.4. The third-order valence-electron chi connectivity index (χ3n) is 3.05. The number of rotatable bonds is 0. The molecule has 0 bridgehead atoms. The quantitative estimate of drug-likeness (QED) is 0.523. The molecule has 0 aromatic carbocycles. The topological polar surface area (TPSA) is 46.5 Å². The molecule has 0 spiro atoms. The fourth-order valence-electron chi connectivity index (χ4n) is 2.01. The number of ether oxygens (including phenoxy) is 1.